The van der Waals surface area contributed by atoms with Gasteiger partial charge in [-0.15, -0.1) is 0 Å². The molecule has 0 spiro atoms. The van der Waals surface area contributed by atoms with Crippen LogP contribution in [0.3, 0.4) is 0 Å². The van der Waals surface area contributed by atoms with Crippen LogP contribution < -0.4 is 4.74 Å². The molecule has 1 nitrogen and oxygen atoms in total. The SMILES string of the molecule is CC(C)c1ccc(OC2CC2)cc1I. The Kier molecular flexibility index (Phi) is 3.00. The topological polar surface area (TPSA) is 9.23 Å². The van der Waals surface area contributed by atoms with Crippen molar-refractivity contribution in [1.29, 1.82) is 0 Å². The average molecular weight is 302 g/mol. The minimum atomic E-state index is 0.496. The predicted molar refractivity (Wildman–Crippen MR) is 66.9 cm³/mol. The highest BCUT2D eigenvalue weighted by Crippen LogP contribution is 2.30. The van der Waals surface area contributed by atoms with E-state index in [9.17, 15) is 0 Å². The Labute approximate surface area is 99.0 Å². The van der Waals surface area contributed by atoms with Crippen molar-refractivity contribution < 1.29 is 4.74 Å². The molecule has 1 saturated carbocycles. The van der Waals surface area contributed by atoms with Crippen LogP contribution in [0, 0.1) is 3.57 Å². The van der Waals surface area contributed by atoms with Gasteiger partial charge >= 0.3 is 0 Å². The van der Waals surface area contributed by atoms with Gasteiger partial charge in [-0.2, -0.15) is 0 Å². The Bertz CT molecular complexity index is 329. The van der Waals surface area contributed by atoms with Gasteiger partial charge in [-0.3, -0.25) is 0 Å². The van der Waals surface area contributed by atoms with Gasteiger partial charge in [0.25, 0.3) is 0 Å². The normalized spacial score (nSPS) is 16.0. The quantitative estimate of drug-likeness (QED) is 0.768. The zero-order chi connectivity index (χ0) is 10.1. The van der Waals surface area contributed by atoms with Crippen molar-refractivity contribution in [3.05, 3.63) is 27.3 Å². The number of rotatable bonds is 3. The van der Waals surface area contributed by atoms with Crippen molar-refractivity contribution in [1.82, 2.24) is 0 Å². The van der Waals surface area contributed by atoms with Crippen LogP contribution >= 0.6 is 22.6 Å². The van der Waals surface area contributed by atoms with Crippen molar-refractivity contribution >= 4 is 22.6 Å². The molecule has 0 unspecified atom stereocenters. The molecule has 0 aromatic heterocycles. The largest absolute Gasteiger partial charge is 0.490 e. The molecule has 14 heavy (non-hydrogen) atoms. The molecule has 76 valence electrons. The Balaban J connectivity index is 2.16. The predicted octanol–water partition coefficient (Wildman–Crippen LogP) is 3.96. The average Bonchev–Trinajstić information content (AvgIpc) is 2.87. The Morgan fingerprint density at radius 2 is 2.07 bits per heavy atom. The molecule has 1 aliphatic rings. The van der Waals surface area contributed by atoms with Crippen LogP contribution in [0.2, 0.25) is 0 Å². The lowest BCUT2D eigenvalue weighted by molar-refractivity contribution is 0.303. The fraction of sp³-hybridized carbons (Fsp3) is 0.500. The molecular weight excluding hydrogens is 287 g/mol. The van der Waals surface area contributed by atoms with E-state index in [1.54, 1.807) is 0 Å². The summed E-state index contributed by atoms with van der Waals surface area (Å²) in [6.07, 6.45) is 2.95. The summed E-state index contributed by atoms with van der Waals surface area (Å²) in [6, 6.07) is 6.42. The molecule has 0 N–H and O–H groups in total. The smallest absolute Gasteiger partial charge is 0.120 e. The summed E-state index contributed by atoms with van der Waals surface area (Å²) in [4.78, 5) is 0. The number of hydrogen-bond acceptors (Lipinski definition) is 1. The van der Waals surface area contributed by atoms with Gasteiger partial charge in [-0.05, 0) is 59.0 Å². The van der Waals surface area contributed by atoms with Crippen molar-refractivity contribution in [2.24, 2.45) is 0 Å². The van der Waals surface area contributed by atoms with Crippen LogP contribution in [-0.2, 0) is 0 Å². The Hall–Kier alpha value is -0.250. The second-order valence-corrected chi connectivity index (χ2v) is 5.32. The highest BCUT2D eigenvalue weighted by Gasteiger charge is 2.23. The molecule has 0 saturated heterocycles. The van der Waals surface area contributed by atoms with Crippen molar-refractivity contribution in [2.45, 2.75) is 38.7 Å². The second-order valence-electron chi connectivity index (χ2n) is 4.16. The van der Waals surface area contributed by atoms with Crippen LogP contribution in [0.4, 0.5) is 0 Å². The standard InChI is InChI=1S/C12H15IO/c1-8(2)11-6-5-10(7-12(11)13)14-9-3-4-9/h5-9H,3-4H2,1-2H3. The molecule has 1 aliphatic carbocycles. The van der Waals surface area contributed by atoms with E-state index in [2.05, 4.69) is 54.6 Å². The highest BCUT2D eigenvalue weighted by molar-refractivity contribution is 14.1. The Morgan fingerprint density at radius 3 is 2.57 bits per heavy atom. The third kappa shape index (κ3) is 2.41. The number of hydrogen-bond donors (Lipinski definition) is 0. The van der Waals surface area contributed by atoms with E-state index in [1.807, 2.05) is 0 Å². The molecule has 0 bridgehead atoms. The second kappa shape index (κ2) is 4.09. The monoisotopic (exact) mass is 302 g/mol. The van der Waals surface area contributed by atoms with E-state index in [1.165, 1.54) is 22.0 Å². The molecule has 1 fully saturated rings. The first-order chi connectivity index (χ1) is 6.66. The van der Waals surface area contributed by atoms with E-state index >= 15 is 0 Å². The number of ether oxygens (including phenoxy) is 1. The van der Waals surface area contributed by atoms with Gasteiger partial charge in [0, 0.05) is 3.57 Å². The molecule has 2 rings (SSSR count). The van der Waals surface area contributed by atoms with Crippen LogP contribution in [0.15, 0.2) is 18.2 Å². The van der Waals surface area contributed by atoms with Crippen LogP contribution in [0.1, 0.15) is 38.2 Å². The third-order valence-electron chi connectivity index (χ3n) is 2.42. The first kappa shape index (κ1) is 10.3. The summed E-state index contributed by atoms with van der Waals surface area (Å²) in [5.41, 5.74) is 1.41. The maximum atomic E-state index is 5.74. The number of halogens is 1. The van der Waals surface area contributed by atoms with Gasteiger partial charge < -0.3 is 4.74 Å². The van der Waals surface area contributed by atoms with Gasteiger partial charge in [0.05, 0.1) is 6.10 Å². The lowest BCUT2D eigenvalue weighted by Gasteiger charge is -2.10. The fourth-order valence-corrected chi connectivity index (χ4v) is 2.54. The molecule has 0 aliphatic heterocycles. The summed E-state index contributed by atoms with van der Waals surface area (Å²) in [7, 11) is 0. The first-order valence-corrected chi connectivity index (χ1v) is 6.21. The van der Waals surface area contributed by atoms with Gasteiger partial charge in [0.1, 0.15) is 5.75 Å². The third-order valence-corrected chi connectivity index (χ3v) is 3.36. The zero-order valence-corrected chi connectivity index (χ0v) is 10.7. The van der Waals surface area contributed by atoms with Crippen molar-refractivity contribution in [3.63, 3.8) is 0 Å². The summed E-state index contributed by atoms with van der Waals surface area (Å²) in [6.45, 7) is 4.44. The maximum Gasteiger partial charge on any atom is 0.120 e. The Morgan fingerprint density at radius 1 is 1.36 bits per heavy atom. The van der Waals surface area contributed by atoms with Gasteiger partial charge in [-0.1, -0.05) is 19.9 Å². The summed E-state index contributed by atoms with van der Waals surface area (Å²) in [5.74, 6) is 1.62. The van der Waals surface area contributed by atoms with E-state index in [4.69, 9.17) is 4.74 Å². The molecule has 0 heterocycles. The zero-order valence-electron chi connectivity index (χ0n) is 8.59. The van der Waals surface area contributed by atoms with Crippen LogP contribution in [0.5, 0.6) is 5.75 Å². The molecule has 0 amide bonds. The minimum Gasteiger partial charge on any atom is -0.490 e. The lowest BCUT2D eigenvalue weighted by Crippen LogP contribution is -1.98. The summed E-state index contributed by atoms with van der Waals surface area (Å²) in [5, 5.41) is 0. The molecule has 2 heteroatoms. The van der Waals surface area contributed by atoms with Crippen molar-refractivity contribution in [3.8, 4) is 5.75 Å². The van der Waals surface area contributed by atoms with Gasteiger partial charge in [-0.25, -0.2) is 0 Å². The van der Waals surface area contributed by atoms with Crippen molar-refractivity contribution in [2.75, 3.05) is 0 Å². The lowest BCUT2D eigenvalue weighted by atomic mass is 10.0. The fourth-order valence-electron chi connectivity index (χ4n) is 1.43. The van der Waals surface area contributed by atoms with Crippen LogP contribution in [-0.4, -0.2) is 6.10 Å². The van der Waals surface area contributed by atoms with Gasteiger partial charge in [0.2, 0.25) is 0 Å². The molecule has 0 atom stereocenters. The summed E-state index contributed by atoms with van der Waals surface area (Å²) >= 11 is 2.39. The van der Waals surface area contributed by atoms with E-state index < -0.39 is 0 Å². The molecule has 0 radical (unpaired) electrons. The molecule has 1 aromatic rings. The van der Waals surface area contributed by atoms with E-state index in [0.29, 0.717) is 12.0 Å². The van der Waals surface area contributed by atoms with E-state index in [0.717, 1.165) is 5.75 Å². The summed E-state index contributed by atoms with van der Waals surface area (Å²) < 4.78 is 7.05. The number of benzene rings is 1. The minimum absolute atomic E-state index is 0.496. The molecular formula is C12H15IO. The highest BCUT2D eigenvalue weighted by atomic mass is 127. The van der Waals surface area contributed by atoms with Crippen LogP contribution in [0.25, 0.3) is 0 Å². The van der Waals surface area contributed by atoms with Gasteiger partial charge in [0.15, 0.2) is 0 Å². The maximum absolute atomic E-state index is 5.74. The molecule has 1 aromatic carbocycles. The first-order valence-electron chi connectivity index (χ1n) is 5.13. The van der Waals surface area contributed by atoms with E-state index in [-0.39, 0.29) is 0 Å².